The molecule has 0 spiro atoms. The first-order chi connectivity index (χ1) is 9.61. The lowest BCUT2D eigenvalue weighted by Gasteiger charge is -2.17. The Morgan fingerprint density at radius 3 is 2.55 bits per heavy atom. The number of aryl methyl sites for hydroxylation is 1. The van der Waals surface area contributed by atoms with E-state index in [0.717, 1.165) is 12.1 Å². The molecule has 0 saturated carbocycles. The minimum atomic E-state index is 0.493. The highest BCUT2D eigenvalue weighted by Gasteiger charge is 2.09. The summed E-state index contributed by atoms with van der Waals surface area (Å²) in [4.78, 5) is 8.35. The first kappa shape index (κ1) is 14.1. The third-order valence-corrected chi connectivity index (χ3v) is 2.86. The molecule has 6 heteroatoms. The van der Waals surface area contributed by atoms with Crippen LogP contribution >= 0.6 is 0 Å². The summed E-state index contributed by atoms with van der Waals surface area (Å²) in [6, 6.07) is 8.10. The molecule has 2 aromatic rings. The minimum Gasteiger partial charge on any atom is -0.393 e. The van der Waals surface area contributed by atoms with Crippen molar-refractivity contribution in [2.45, 2.75) is 13.3 Å². The van der Waals surface area contributed by atoms with Crippen molar-refractivity contribution in [1.29, 1.82) is 0 Å². The highest BCUT2D eigenvalue weighted by molar-refractivity contribution is 5.78. The van der Waals surface area contributed by atoms with Crippen molar-refractivity contribution in [3.8, 4) is 0 Å². The molecule has 0 bridgehead atoms. The quantitative estimate of drug-likeness (QED) is 0.725. The van der Waals surface area contributed by atoms with E-state index in [-0.39, 0.29) is 0 Å². The molecule has 1 aromatic heterocycles. The highest BCUT2D eigenvalue weighted by Crippen LogP contribution is 2.27. The van der Waals surface area contributed by atoms with Gasteiger partial charge >= 0.3 is 0 Å². The number of para-hydroxylation sites is 1. The zero-order chi connectivity index (χ0) is 14.5. The van der Waals surface area contributed by atoms with E-state index in [1.54, 1.807) is 5.01 Å². The SMILES string of the molecule is CCc1ccccc1Nc1ncnc(NN(C)C)c1N. The topological polar surface area (TPSA) is 79.1 Å². The van der Waals surface area contributed by atoms with Crippen molar-refractivity contribution in [2.75, 3.05) is 30.6 Å². The average molecular weight is 272 g/mol. The molecule has 0 unspecified atom stereocenters. The summed E-state index contributed by atoms with van der Waals surface area (Å²) in [5.41, 5.74) is 11.9. The second kappa shape index (κ2) is 6.21. The molecule has 0 aliphatic heterocycles. The zero-order valence-corrected chi connectivity index (χ0v) is 12.0. The van der Waals surface area contributed by atoms with Crippen LogP contribution in [-0.2, 0) is 6.42 Å². The summed E-state index contributed by atoms with van der Waals surface area (Å²) < 4.78 is 0. The summed E-state index contributed by atoms with van der Waals surface area (Å²) in [5, 5.41) is 5.05. The van der Waals surface area contributed by atoms with Crippen LogP contribution in [0.1, 0.15) is 12.5 Å². The van der Waals surface area contributed by atoms with Gasteiger partial charge in [0.1, 0.15) is 12.0 Å². The summed E-state index contributed by atoms with van der Waals surface area (Å²) in [6.07, 6.45) is 2.43. The van der Waals surface area contributed by atoms with Gasteiger partial charge in [-0.15, -0.1) is 0 Å². The van der Waals surface area contributed by atoms with E-state index in [1.165, 1.54) is 11.9 Å². The fourth-order valence-corrected chi connectivity index (χ4v) is 1.87. The lowest BCUT2D eigenvalue weighted by atomic mass is 10.1. The lowest BCUT2D eigenvalue weighted by Crippen LogP contribution is -2.21. The Labute approximate surface area is 119 Å². The van der Waals surface area contributed by atoms with Gasteiger partial charge in [0.25, 0.3) is 0 Å². The molecular formula is C14H20N6. The van der Waals surface area contributed by atoms with Crippen LogP contribution in [0.5, 0.6) is 0 Å². The third kappa shape index (κ3) is 3.16. The van der Waals surface area contributed by atoms with E-state index in [1.807, 2.05) is 32.3 Å². The fraction of sp³-hybridized carbons (Fsp3) is 0.286. The van der Waals surface area contributed by atoms with Gasteiger partial charge in [0.15, 0.2) is 11.6 Å². The van der Waals surface area contributed by atoms with Crippen molar-refractivity contribution in [2.24, 2.45) is 0 Å². The Kier molecular flexibility index (Phi) is 4.37. The Hall–Kier alpha value is -2.34. The smallest absolute Gasteiger partial charge is 0.169 e. The number of aromatic nitrogens is 2. The standard InChI is InChI=1S/C14H20N6/c1-4-10-7-5-6-8-11(10)18-13-12(15)14(17-9-16-13)19-20(2)3/h5-9H,4,15H2,1-3H3,(H2,16,17,18,19). The van der Waals surface area contributed by atoms with Gasteiger partial charge < -0.3 is 16.5 Å². The summed E-state index contributed by atoms with van der Waals surface area (Å²) in [5.74, 6) is 1.19. The van der Waals surface area contributed by atoms with Crippen molar-refractivity contribution < 1.29 is 0 Å². The Morgan fingerprint density at radius 1 is 1.15 bits per heavy atom. The number of benzene rings is 1. The molecule has 20 heavy (non-hydrogen) atoms. The lowest BCUT2D eigenvalue weighted by molar-refractivity contribution is 0.492. The van der Waals surface area contributed by atoms with Crippen LogP contribution in [0, 0.1) is 0 Å². The molecule has 0 fully saturated rings. The molecule has 1 heterocycles. The first-order valence-electron chi connectivity index (χ1n) is 6.51. The van der Waals surface area contributed by atoms with Crippen LogP contribution in [0.15, 0.2) is 30.6 Å². The molecule has 4 N–H and O–H groups in total. The fourth-order valence-electron chi connectivity index (χ4n) is 1.87. The monoisotopic (exact) mass is 272 g/mol. The predicted molar refractivity (Wildman–Crippen MR) is 82.9 cm³/mol. The molecule has 0 radical (unpaired) electrons. The number of nitrogens with one attached hydrogen (secondary N) is 2. The van der Waals surface area contributed by atoms with Crippen LogP contribution in [0.2, 0.25) is 0 Å². The van der Waals surface area contributed by atoms with Crippen molar-refractivity contribution in [3.63, 3.8) is 0 Å². The number of nitrogens with zero attached hydrogens (tertiary/aromatic N) is 3. The molecule has 0 aliphatic carbocycles. The molecule has 1 aromatic carbocycles. The maximum Gasteiger partial charge on any atom is 0.169 e. The number of hydrazine groups is 1. The van der Waals surface area contributed by atoms with Gasteiger partial charge in [0.2, 0.25) is 0 Å². The van der Waals surface area contributed by atoms with Crippen molar-refractivity contribution >= 4 is 23.0 Å². The zero-order valence-electron chi connectivity index (χ0n) is 12.0. The Bertz CT molecular complexity index is 582. The van der Waals surface area contributed by atoms with E-state index in [9.17, 15) is 0 Å². The molecular weight excluding hydrogens is 252 g/mol. The number of nitrogen functional groups attached to an aromatic ring is 1. The second-order valence-electron chi connectivity index (χ2n) is 4.63. The van der Waals surface area contributed by atoms with Crippen LogP contribution in [0.4, 0.5) is 23.0 Å². The largest absolute Gasteiger partial charge is 0.393 e. The maximum absolute atomic E-state index is 6.09. The number of anilines is 4. The summed E-state index contributed by atoms with van der Waals surface area (Å²) >= 11 is 0. The van der Waals surface area contributed by atoms with Crippen LogP contribution in [0.25, 0.3) is 0 Å². The number of rotatable bonds is 5. The Balaban J connectivity index is 2.29. The molecule has 0 saturated heterocycles. The van der Waals surface area contributed by atoms with Gasteiger partial charge in [0, 0.05) is 19.8 Å². The van der Waals surface area contributed by atoms with Gasteiger partial charge in [-0.1, -0.05) is 25.1 Å². The van der Waals surface area contributed by atoms with Gasteiger partial charge in [-0.05, 0) is 18.1 Å². The molecule has 6 nitrogen and oxygen atoms in total. The van der Waals surface area contributed by atoms with Crippen LogP contribution in [-0.4, -0.2) is 29.1 Å². The van der Waals surface area contributed by atoms with E-state index in [0.29, 0.717) is 17.3 Å². The Morgan fingerprint density at radius 2 is 1.85 bits per heavy atom. The van der Waals surface area contributed by atoms with Gasteiger partial charge in [-0.2, -0.15) is 0 Å². The van der Waals surface area contributed by atoms with Crippen LogP contribution in [0.3, 0.4) is 0 Å². The average Bonchev–Trinajstić information content (AvgIpc) is 2.43. The first-order valence-corrected chi connectivity index (χ1v) is 6.51. The number of hydrogen-bond acceptors (Lipinski definition) is 6. The molecule has 0 amide bonds. The van der Waals surface area contributed by atoms with Crippen LogP contribution < -0.4 is 16.5 Å². The van der Waals surface area contributed by atoms with E-state index < -0.39 is 0 Å². The van der Waals surface area contributed by atoms with Gasteiger partial charge in [-0.3, -0.25) is 0 Å². The second-order valence-corrected chi connectivity index (χ2v) is 4.63. The number of nitrogens with two attached hydrogens (primary N) is 1. The maximum atomic E-state index is 6.09. The molecule has 0 aliphatic rings. The summed E-state index contributed by atoms with van der Waals surface area (Å²) in [6.45, 7) is 2.11. The van der Waals surface area contributed by atoms with Crippen molar-refractivity contribution in [1.82, 2.24) is 15.0 Å². The van der Waals surface area contributed by atoms with E-state index >= 15 is 0 Å². The molecule has 0 atom stereocenters. The predicted octanol–water partition coefficient (Wildman–Crippen LogP) is 2.25. The van der Waals surface area contributed by atoms with Gasteiger partial charge in [-0.25, -0.2) is 15.0 Å². The summed E-state index contributed by atoms with van der Waals surface area (Å²) in [7, 11) is 3.75. The van der Waals surface area contributed by atoms with E-state index in [2.05, 4.69) is 33.7 Å². The van der Waals surface area contributed by atoms with Crippen molar-refractivity contribution in [3.05, 3.63) is 36.2 Å². The van der Waals surface area contributed by atoms with Gasteiger partial charge in [0.05, 0.1) is 0 Å². The third-order valence-electron chi connectivity index (χ3n) is 2.86. The molecule has 106 valence electrons. The minimum absolute atomic E-state index is 0.493. The number of hydrogen-bond donors (Lipinski definition) is 3. The highest BCUT2D eigenvalue weighted by atomic mass is 15.5. The van der Waals surface area contributed by atoms with E-state index in [4.69, 9.17) is 5.73 Å². The normalized spacial score (nSPS) is 10.6. The molecule has 2 rings (SSSR count).